The van der Waals surface area contributed by atoms with Gasteiger partial charge in [0.25, 0.3) is 0 Å². The van der Waals surface area contributed by atoms with Crippen LogP contribution in [0, 0.1) is 0 Å². The van der Waals surface area contributed by atoms with Crippen LogP contribution in [0.15, 0.2) is 0 Å². The normalized spacial score (nSPS) is 9.60. The van der Waals surface area contributed by atoms with Gasteiger partial charge in [-0.2, -0.15) is 0 Å². The van der Waals surface area contributed by atoms with Crippen molar-refractivity contribution < 1.29 is 0 Å². The fourth-order valence-corrected chi connectivity index (χ4v) is 0.855. The Hall–Kier alpha value is 0.0249. The molecule has 0 unspecified atom stereocenters. The number of rotatable bonds is 5. The van der Waals surface area contributed by atoms with Crippen molar-refractivity contribution in [3.05, 3.63) is 0 Å². The van der Waals surface area contributed by atoms with Crippen molar-refractivity contribution in [2.45, 2.75) is 32.6 Å². The van der Waals surface area contributed by atoms with Crippen LogP contribution in [0.25, 0.3) is 0 Å². The van der Waals surface area contributed by atoms with Gasteiger partial charge >= 0.3 is 0 Å². The summed E-state index contributed by atoms with van der Waals surface area (Å²) in [6.07, 6.45) is 5.50. The quantitative estimate of drug-likeness (QED) is 0.409. The highest BCUT2D eigenvalue weighted by Gasteiger charge is 1.88. The Labute approximate surface area is 67.4 Å². The van der Waals surface area contributed by atoms with E-state index < -0.39 is 0 Å². The lowest BCUT2D eigenvalue weighted by Gasteiger charge is -2.07. The van der Waals surface area contributed by atoms with Crippen molar-refractivity contribution in [1.29, 1.82) is 0 Å². The minimum Gasteiger partial charge on any atom is -0.309 e. The van der Waals surface area contributed by atoms with Gasteiger partial charge in [0, 0.05) is 0 Å². The maximum absolute atomic E-state index is 2.25. The fourth-order valence-electron chi connectivity index (χ4n) is 0.855. The van der Waals surface area contributed by atoms with Crippen LogP contribution in [-0.2, 0) is 0 Å². The van der Waals surface area contributed by atoms with E-state index in [0.29, 0.717) is 0 Å². The number of hydrogen-bond donors (Lipinski definition) is 0. The highest BCUT2D eigenvalue weighted by Crippen LogP contribution is 1.98. The second-order valence-electron chi connectivity index (χ2n) is 2.86. The van der Waals surface area contributed by atoms with Crippen molar-refractivity contribution in [2.24, 2.45) is 0 Å². The SMILES string of the molecule is B.CCCCCCN(C)C. The minimum atomic E-state index is 0. The molecule has 0 aromatic rings. The summed E-state index contributed by atoms with van der Waals surface area (Å²) in [5.41, 5.74) is 0. The van der Waals surface area contributed by atoms with Crippen LogP contribution in [0.4, 0.5) is 0 Å². The Balaban J connectivity index is 0. The molecule has 0 aromatic carbocycles. The predicted molar refractivity (Wildman–Crippen MR) is 52.6 cm³/mol. The van der Waals surface area contributed by atoms with Gasteiger partial charge in [-0.3, -0.25) is 0 Å². The molecule has 2 heteroatoms. The molecule has 10 heavy (non-hydrogen) atoms. The van der Waals surface area contributed by atoms with Crippen molar-refractivity contribution in [2.75, 3.05) is 20.6 Å². The molecule has 0 N–H and O–H groups in total. The van der Waals surface area contributed by atoms with Crippen LogP contribution >= 0.6 is 0 Å². The molecule has 0 spiro atoms. The summed E-state index contributed by atoms with van der Waals surface area (Å²) in [5.74, 6) is 0. The Morgan fingerprint density at radius 2 is 1.60 bits per heavy atom. The summed E-state index contributed by atoms with van der Waals surface area (Å²) < 4.78 is 0. The molecule has 0 aliphatic carbocycles. The molecule has 0 amide bonds. The molecule has 0 bridgehead atoms. The van der Waals surface area contributed by atoms with E-state index in [1.807, 2.05) is 0 Å². The van der Waals surface area contributed by atoms with Crippen molar-refractivity contribution >= 4 is 8.41 Å². The molecule has 0 rings (SSSR count). The molecule has 1 nitrogen and oxygen atoms in total. The summed E-state index contributed by atoms with van der Waals surface area (Å²) in [4.78, 5) is 2.25. The molecule has 0 atom stereocenters. The maximum atomic E-state index is 2.25. The van der Waals surface area contributed by atoms with Gasteiger partial charge in [-0.25, -0.2) is 0 Å². The summed E-state index contributed by atoms with van der Waals surface area (Å²) >= 11 is 0. The van der Waals surface area contributed by atoms with Gasteiger partial charge in [0.2, 0.25) is 0 Å². The number of hydrogen-bond acceptors (Lipinski definition) is 1. The van der Waals surface area contributed by atoms with E-state index in [4.69, 9.17) is 0 Å². The molecule has 0 heterocycles. The zero-order chi connectivity index (χ0) is 7.11. The second kappa shape index (κ2) is 9.02. The average molecular weight is 143 g/mol. The first-order chi connectivity index (χ1) is 4.27. The number of unbranched alkanes of at least 4 members (excludes halogenated alkanes) is 3. The van der Waals surface area contributed by atoms with E-state index in [2.05, 4.69) is 25.9 Å². The van der Waals surface area contributed by atoms with Crippen molar-refractivity contribution in [3.8, 4) is 0 Å². The Morgan fingerprint density at radius 3 is 2.00 bits per heavy atom. The van der Waals surface area contributed by atoms with E-state index in [0.717, 1.165) is 0 Å². The molecular formula is C8H22BN. The van der Waals surface area contributed by atoms with E-state index in [9.17, 15) is 0 Å². The molecule has 0 aliphatic heterocycles. The molecule has 0 aromatic heterocycles. The van der Waals surface area contributed by atoms with Crippen LogP contribution in [0.3, 0.4) is 0 Å². The third kappa shape index (κ3) is 10.9. The number of nitrogens with zero attached hydrogens (tertiary/aromatic N) is 1. The molecule has 0 aliphatic rings. The monoisotopic (exact) mass is 143 g/mol. The summed E-state index contributed by atoms with van der Waals surface area (Å²) in [6, 6.07) is 0. The van der Waals surface area contributed by atoms with Crippen molar-refractivity contribution in [1.82, 2.24) is 4.90 Å². The smallest absolute Gasteiger partial charge is 0.0814 e. The van der Waals surface area contributed by atoms with E-state index in [1.54, 1.807) is 0 Å². The van der Waals surface area contributed by atoms with E-state index >= 15 is 0 Å². The van der Waals surface area contributed by atoms with Gasteiger partial charge < -0.3 is 4.90 Å². The highest BCUT2D eigenvalue weighted by molar-refractivity contribution is 5.75. The Kier molecular flexibility index (Phi) is 11.4. The lowest BCUT2D eigenvalue weighted by molar-refractivity contribution is 0.391. The minimum absolute atomic E-state index is 0. The third-order valence-corrected chi connectivity index (χ3v) is 1.46. The summed E-state index contributed by atoms with van der Waals surface area (Å²) in [5, 5.41) is 0. The zero-order valence-electron chi connectivity index (χ0n) is 6.98. The van der Waals surface area contributed by atoms with Crippen LogP contribution in [-0.4, -0.2) is 34.0 Å². The van der Waals surface area contributed by atoms with E-state index in [1.165, 1.54) is 32.2 Å². The van der Waals surface area contributed by atoms with Crippen LogP contribution in [0.1, 0.15) is 32.6 Å². The lowest BCUT2D eigenvalue weighted by Crippen LogP contribution is -2.12. The lowest BCUT2D eigenvalue weighted by atomic mass is 10.2. The first-order valence-corrected chi connectivity index (χ1v) is 3.92. The van der Waals surface area contributed by atoms with Crippen LogP contribution in [0.5, 0.6) is 0 Å². The second-order valence-corrected chi connectivity index (χ2v) is 2.86. The topological polar surface area (TPSA) is 3.24 Å². The van der Waals surface area contributed by atoms with Gasteiger partial charge in [0.1, 0.15) is 0 Å². The predicted octanol–water partition coefficient (Wildman–Crippen LogP) is 0.944. The molecular weight excluding hydrogens is 121 g/mol. The van der Waals surface area contributed by atoms with E-state index in [-0.39, 0.29) is 8.41 Å². The highest BCUT2D eigenvalue weighted by atomic mass is 15.0. The molecule has 0 saturated heterocycles. The Bertz CT molecular complexity index is 55.2. The summed E-state index contributed by atoms with van der Waals surface area (Å²) in [6.45, 7) is 3.50. The molecule has 0 radical (unpaired) electrons. The van der Waals surface area contributed by atoms with Crippen LogP contribution < -0.4 is 0 Å². The van der Waals surface area contributed by atoms with Gasteiger partial charge in [0.05, 0.1) is 8.41 Å². The fraction of sp³-hybridized carbons (Fsp3) is 1.00. The van der Waals surface area contributed by atoms with Crippen LogP contribution in [0.2, 0.25) is 0 Å². The maximum Gasteiger partial charge on any atom is 0.0814 e. The standard InChI is InChI=1S/C8H19N.BH3/c1-4-5-6-7-8-9(2)3;/h4-8H2,1-3H3;1H3. The Morgan fingerprint density at radius 1 is 1.00 bits per heavy atom. The van der Waals surface area contributed by atoms with Crippen molar-refractivity contribution in [3.63, 3.8) is 0 Å². The molecule has 0 saturated carbocycles. The largest absolute Gasteiger partial charge is 0.309 e. The molecule has 62 valence electrons. The van der Waals surface area contributed by atoms with Gasteiger partial charge in [-0.1, -0.05) is 26.2 Å². The zero-order valence-corrected chi connectivity index (χ0v) is 6.98. The summed E-state index contributed by atoms with van der Waals surface area (Å²) in [7, 11) is 4.26. The first-order valence-electron chi connectivity index (χ1n) is 3.92. The molecule has 0 fully saturated rings. The van der Waals surface area contributed by atoms with Gasteiger partial charge in [-0.05, 0) is 27.1 Å². The average Bonchev–Trinajstić information content (AvgIpc) is 1.80. The third-order valence-electron chi connectivity index (χ3n) is 1.46. The van der Waals surface area contributed by atoms with Gasteiger partial charge in [-0.15, -0.1) is 0 Å². The first kappa shape index (κ1) is 12.7. The van der Waals surface area contributed by atoms with Gasteiger partial charge in [0.15, 0.2) is 0 Å².